The van der Waals surface area contributed by atoms with Crippen LogP contribution in [0.2, 0.25) is 5.02 Å². The Morgan fingerprint density at radius 1 is 1.47 bits per heavy atom. The lowest BCUT2D eigenvalue weighted by Gasteiger charge is -2.28. The molecule has 0 spiro atoms. The number of fused-ring (bicyclic) bond motifs is 1. The van der Waals surface area contributed by atoms with Crippen LogP contribution in [-0.2, 0) is 6.42 Å². The molecule has 1 atom stereocenters. The summed E-state index contributed by atoms with van der Waals surface area (Å²) < 4.78 is 5.43. The van der Waals surface area contributed by atoms with E-state index in [1.54, 1.807) is 7.11 Å². The van der Waals surface area contributed by atoms with Gasteiger partial charge in [-0.05, 0) is 49.9 Å². The van der Waals surface area contributed by atoms with Crippen LogP contribution in [0.1, 0.15) is 43.4 Å². The fourth-order valence-electron chi connectivity index (χ4n) is 2.59. The Hall–Kier alpha value is -0.730. The standard InChI is InChI=1S/C14H20ClNO/c1-3-9-16-12-6-4-5-10-13(17-2)8-7-11(15)14(10)12/h7-8,12,16H,3-6,9H2,1-2H3. The van der Waals surface area contributed by atoms with Crippen molar-refractivity contribution in [2.45, 2.75) is 38.6 Å². The summed E-state index contributed by atoms with van der Waals surface area (Å²) in [5, 5.41) is 4.45. The molecular weight excluding hydrogens is 234 g/mol. The second-order valence-corrected chi connectivity index (χ2v) is 4.95. The van der Waals surface area contributed by atoms with E-state index in [0.717, 1.165) is 30.2 Å². The first-order valence-electron chi connectivity index (χ1n) is 6.36. The zero-order valence-electron chi connectivity index (χ0n) is 10.6. The van der Waals surface area contributed by atoms with Crippen molar-refractivity contribution in [1.82, 2.24) is 5.32 Å². The molecule has 0 bridgehead atoms. The average molecular weight is 254 g/mol. The highest BCUT2D eigenvalue weighted by molar-refractivity contribution is 6.31. The van der Waals surface area contributed by atoms with E-state index in [1.807, 2.05) is 12.1 Å². The van der Waals surface area contributed by atoms with Crippen molar-refractivity contribution >= 4 is 11.6 Å². The van der Waals surface area contributed by atoms with E-state index in [9.17, 15) is 0 Å². The van der Waals surface area contributed by atoms with E-state index in [1.165, 1.54) is 24.0 Å². The summed E-state index contributed by atoms with van der Waals surface area (Å²) in [7, 11) is 1.73. The molecule has 1 aliphatic carbocycles. The maximum Gasteiger partial charge on any atom is 0.122 e. The number of ether oxygens (including phenoxy) is 1. The molecule has 1 aromatic carbocycles. The highest BCUT2D eigenvalue weighted by Crippen LogP contribution is 2.39. The highest BCUT2D eigenvalue weighted by Gasteiger charge is 2.24. The molecule has 0 saturated heterocycles. The lowest BCUT2D eigenvalue weighted by Crippen LogP contribution is -2.26. The Kier molecular flexibility index (Phi) is 4.30. The van der Waals surface area contributed by atoms with Crippen LogP contribution < -0.4 is 10.1 Å². The van der Waals surface area contributed by atoms with Crippen molar-refractivity contribution in [3.8, 4) is 5.75 Å². The number of hydrogen-bond donors (Lipinski definition) is 1. The van der Waals surface area contributed by atoms with Gasteiger partial charge in [0.05, 0.1) is 7.11 Å². The molecule has 0 fully saturated rings. The van der Waals surface area contributed by atoms with Gasteiger partial charge in [0.25, 0.3) is 0 Å². The van der Waals surface area contributed by atoms with Gasteiger partial charge in [0.2, 0.25) is 0 Å². The SMILES string of the molecule is CCCNC1CCCc2c(OC)ccc(Cl)c21. The van der Waals surface area contributed by atoms with E-state index >= 15 is 0 Å². The van der Waals surface area contributed by atoms with Crippen LogP contribution in [0.4, 0.5) is 0 Å². The first-order valence-corrected chi connectivity index (χ1v) is 6.74. The average Bonchev–Trinajstić information content (AvgIpc) is 2.36. The van der Waals surface area contributed by atoms with E-state index in [2.05, 4.69) is 12.2 Å². The smallest absolute Gasteiger partial charge is 0.122 e. The number of halogens is 1. The lowest BCUT2D eigenvalue weighted by molar-refractivity contribution is 0.396. The summed E-state index contributed by atoms with van der Waals surface area (Å²) in [5.74, 6) is 0.979. The highest BCUT2D eigenvalue weighted by atomic mass is 35.5. The van der Waals surface area contributed by atoms with Crippen molar-refractivity contribution in [3.63, 3.8) is 0 Å². The Balaban J connectivity index is 2.35. The van der Waals surface area contributed by atoms with Gasteiger partial charge in [-0.2, -0.15) is 0 Å². The fourth-order valence-corrected chi connectivity index (χ4v) is 2.90. The number of nitrogens with one attached hydrogen (secondary N) is 1. The molecule has 0 radical (unpaired) electrons. The Labute approximate surface area is 108 Å². The van der Waals surface area contributed by atoms with Gasteiger partial charge in [-0.1, -0.05) is 18.5 Å². The molecule has 94 valence electrons. The molecular formula is C14H20ClNO. The zero-order valence-corrected chi connectivity index (χ0v) is 11.3. The number of rotatable bonds is 4. The zero-order chi connectivity index (χ0) is 12.3. The van der Waals surface area contributed by atoms with Crippen LogP contribution in [-0.4, -0.2) is 13.7 Å². The molecule has 2 nitrogen and oxygen atoms in total. The summed E-state index contributed by atoms with van der Waals surface area (Å²) in [6.45, 7) is 3.22. The Morgan fingerprint density at radius 3 is 3.00 bits per heavy atom. The molecule has 0 saturated carbocycles. The van der Waals surface area contributed by atoms with Crippen LogP contribution in [0.15, 0.2) is 12.1 Å². The van der Waals surface area contributed by atoms with Gasteiger partial charge in [-0.25, -0.2) is 0 Å². The summed E-state index contributed by atoms with van der Waals surface area (Å²) in [6, 6.07) is 4.32. The van der Waals surface area contributed by atoms with Crippen LogP contribution in [0.5, 0.6) is 5.75 Å². The van der Waals surface area contributed by atoms with Gasteiger partial charge in [0, 0.05) is 16.6 Å². The topological polar surface area (TPSA) is 21.3 Å². The monoisotopic (exact) mass is 253 g/mol. The van der Waals surface area contributed by atoms with Gasteiger partial charge in [-0.15, -0.1) is 0 Å². The molecule has 0 amide bonds. The molecule has 1 unspecified atom stereocenters. The molecule has 1 aliphatic rings. The minimum atomic E-state index is 0.390. The van der Waals surface area contributed by atoms with Crippen molar-refractivity contribution in [1.29, 1.82) is 0 Å². The largest absolute Gasteiger partial charge is 0.496 e. The second kappa shape index (κ2) is 5.74. The van der Waals surface area contributed by atoms with E-state index in [-0.39, 0.29) is 0 Å². The van der Waals surface area contributed by atoms with E-state index < -0.39 is 0 Å². The van der Waals surface area contributed by atoms with Crippen LogP contribution in [0, 0.1) is 0 Å². The number of benzene rings is 1. The third kappa shape index (κ3) is 2.58. The normalized spacial score (nSPS) is 18.9. The quantitative estimate of drug-likeness (QED) is 0.883. The molecule has 1 aromatic rings. The van der Waals surface area contributed by atoms with Crippen molar-refractivity contribution < 1.29 is 4.74 Å². The molecule has 17 heavy (non-hydrogen) atoms. The molecule has 3 heteroatoms. The number of hydrogen-bond acceptors (Lipinski definition) is 2. The first-order chi connectivity index (χ1) is 8.27. The molecule has 0 aliphatic heterocycles. The Morgan fingerprint density at radius 2 is 2.29 bits per heavy atom. The first kappa shape index (κ1) is 12.7. The lowest BCUT2D eigenvalue weighted by atomic mass is 9.87. The number of methoxy groups -OCH3 is 1. The molecule has 2 rings (SSSR count). The van der Waals surface area contributed by atoms with Gasteiger partial charge in [0.1, 0.15) is 5.75 Å². The molecule has 0 aromatic heterocycles. The van der Waals surface area contributed by atoms with Gasteiger partial charge in [-0.3, -0.25) is 0 Å². The van der Waals surface area contributed by atoms with Crippen LogP contribution in [0.25, 0.3) is 0 Å². The van der Waals surface area contributed by atoms with Gasteiger partial charge in [0.15, 0.2) is 0 Å². The van der Waals surface area contributed by atoms with Crippen molar-refractivity contribution in [2.24, 2.45) is 0 Å². The van der Waals surface area contributed by atoms with Gasteiger partial charge >= 0.3 is 0 Å². The third-order valence-corrected chi connectivity index (χ3v) is 3.72. The van der Waals surface area contributed by atoms with Crippen molar-refractivity contribution in [3.05, 3.63) is 28.3 Å². The van der Waals surface area contributed by atoms with Crippen molar-refractivity contribution in [2.75, 3.05) is 13.7 Å². The third-order valence-electron chi connectivity index (χ3n) is 3.39. The predicted molar refractivity (Wildman–Crippen MR) is 72.0 cm³/mol. The molecule has 1 N–H and O–H groups in total. The second-order valence-electron chi connectivity index (χ2n) is 4.54. The predicted octanol–water partition coefficient (Wildman–Crippen LogP) is 3.73. The molecule has 0 heterocycles. The Bertz CT molecular complexity index is 392. The van der Waals surface area contributed by atoms with E-state index in [0.29, 0.717) is 6.04 Å². The summed E-state index contributed by atoms with van der Waals surface area (Å²) in [6.07, 6.45) is 4.59. The fraction of sp³-hybridized carbons (Fsp3) is 0.571. The summed E-state index contributed by atoms with van der Waals surface area (Å²) >= 11 is 6.35. The van der Waals surface area contributed by atoms with Gasteiger partial charge < -0.3 is 10.1 Å². The van der Waals surface area contributed by atoms with Crippen LogP contribution >= 0.6 is 11.6 Å². The van der Waals surface area contributed by atoms with Crippen LogP contribution in [0.3, 0.4) is 0 Å². The summed E-state index contributed by atoms with van der Waals surface area (Å²) in [5.41, 5.74) is 2.55. The maximum absolute atomic E-state index is 6.35. The summed E-state index contributed by atoms with van der Waals surface area (Å²) in [4.78, 5) is 0. The maximum atomic E-state index is 6.35. The minimum absolute atomic E-state index is 0.390. The minimum Gasteiger partial charge on any atom is -0.496 e. The van der Waals surface area contributed by atoms with E-state index in [4.69, 9.17) is 16.3 Å².